The zero-order valence-corrected chi connectivity index (χ0v) is 23.9. The fraction of sp³-hybridized carbons (Fsp3) is 0.385. The van der Waals surface area contributed by atoms with E-state index in [2.05, 4.69) is 20.0 Å². The Morgan fingerprint density at radius 2 is 2.05 bits per heavy atom. The molecule has 0 saturated carbocycles. The lowest BCUT2D eigenvalue weighted by molar-refractivity contribution is -0.144. The zero-order valence-electron chi connectivity index (χ0n) is 23.0. The number of fused-ring (bicyclic) bond motifs is 1. The minimum atomic E-state index is -4.25. The molecule has 0 radical (unpaired) electrons. The number of para-hydroxylation sites is 1. The minimum absolute atomic E-state index is 0.122. The number of hydrogen-bond acceptors (Lipinski definition) is 13. The molecule has 1 fully saturated rings. The van der Waals surface area contributed by atoms with Gasteiger partial charge >= 0.3 is 13.7 Å². The van der Waals surface area contributed by atoms with E-state index in [0.717, 1.165) is 0 Å². The summed E-state index contributed by atoms with van der Waals surface area (Å²) >= 11 is 0. The van der Waals surface area contributed by atoms with Crippen molar-refractivity contribution in [3.8, 4) is 17.2 Å². The van der Waals surface area contributed by atoms with E-state index in [0.29, 0.717) is 10.9 Å². The number of aromatic nitrogens is 4. The quantitative estimate of drug-likeness (QED) is 0.144. The van der Waals surface area contributed by atoms with E-state index in [1.165, 1.54) is 37.2 Å². The van der Waals surface area contributed by atoms with Gasteiger partial charge in [0, 0.05) is 6.20 Å². The molecule has 5 rings (SSSR count). The third-order valence-corrected chi connectivity index (χ3v) is 8.32. The molecule has 6 atom stereocenters. The van der Waals surface area contributed by atoms with Gasteiger partial charge in [0.15, 0.2) is 6.23 Å². The molecule has 4 heterocycles. The Balaban J connectivity index is 1.41. The fourth-order valence-corrected chi connectivity index (χ4v) is 6.12. The highest BCUT2D eigenvalue weighted by Gasteiger charge is 2.54. The molecule has 1 aromatic carbocycles. The number of anilines is 1. The third kappa shape index (κ3) is 5.75. The van der Waals surface area contributed by atoms with Gasteiger partial charge in [0.25, 0.3) is 0 Å². The van der Waals surface area contributed by atoms with E-state index in [9.17, 15) is 19.6 Å². The van der Waals surface area contributed by atoms with Crippen molar-refractivity contribution in [2.75, 3.05) is 18.9 Å². The first-order valence-corrected chi connectivity index (χ1v) is 14.6. The summed E-state index contributed by atoms with van der Waals surface area (Å²) in [5, 5.41) is 25.5. The number of carbonyl (C=O) groups excluding carboxylic acids is 1. The van der Waals surface area contributed by atoms with Gasteiger partial charge < -0.3 is 38.9 Å². The normalized spacial score (nSPS) is 24.4. The largest absolute Gasteiger partial charge is 0.465 e. The third-order valence-electron chi connectivity index (χ3n) is 6.68. The lowest BCUT2D eigenvalue weighted by Crippen LogP contribution is -2.44. The summed E-state index contributed by atoms with van der Waals surface area (Å²) in [7, 11) is -4.25. The highest BCUT2D eigenvalue weighted by atomic mass is 31.2. The first-order valence-electron chi connectivity index (χ1n) is 13.0. The average molecular weight is 603 g/mol. The van der Waals surface area contributed by atoms with Crippen LogP contribution in [0.1, 0.15) is 27.0 Å². The predicted octanol–water partition coefficient (Wildman–Crippen LogP) is 2.42. The van der Waals surface area contributed by atoms with E-state index in [-0.39, 0.29) is 29.7 Å². The Morgan fingerprint density at radius 1 is 1.29 bits per heavy atom. The van der Waals surface area contributed by atoms with Gasteiger partial charge in [-0.15, -0.1) is 0 Å². The molecule has 1 aliphatic heterocycles. The zero-order chi connectivity index (χ0) is 30.1. The average Bonchev–Trinajstić information content (AvgIpc) is 3.67. The summed E-state index contributed by atoms with van der Waals surface area (Å²) in [5.74, 6) is -0.0806. The smallest absolute Gasteiger partial charge is 0.459 e. The molecule has 3 aromatic heterocycles. The molecule has 0 bridgehead atoms. The summed E-state index contributed by atoms with van der Waals surface area (Å²) < 4.78 is 43.1. The van der Waals surface area contributed by atoms with Crippen molar-refractivity contribution in [3.63, 3.8) is 0 Å². The molecular weight excluding hydrogens is 571 g/mol. The number of rotatable bonds is 11. The molecule has 0 spiro atoms. The van der Waals surface area contributed by atoms with E-state index >= 15 is 0 Å². The lowest BCUT2D eigenvalue weighted by atomic mass is 9.96. The Morgan fingerprint density at radius 3 is 2.74 bits per heavy atom. The molecular formula is C26H31N6O9P. The Kier molecular flexibility index (Phi) is 8.32. The first-order chi connectivity index (χ1) is 20.0. The van der Waals surface area contributed by atoms with Gasteiger partial charge in [-0.3, -0.25) is 9.32 Å². The number of nitrogens with two attached hydrogens (primary N) is 1. The lowest BCUT2D eigenvalue weighted by Gasteiger charge is -2.27. The summed E-state index contributed by atoms with van der Waals surface area (Å²) in [6, 6.07) is 7.15. The van der Waals surface area contributed by atoms with Crippen LogP contribution >= 0.6 is 7.75 Å². The Bertz CT molecular complexity index is 1580. The number of nitrogens with zero attached hydrogens (tertiary/aromatic N) is 4. The van der Waals surface area contributed by atoms with Gasteiger partial charge in [-0.25, -0.2) is 19.5 Å². The van der Waals surface area contributed by atoms with E-state index in [4.69, 9.17) is 28.7 Å². The fourth-order valence-electron chi connectivity index (χ4n) is 4.62. The molecule has 42 heavy (non-hydrogen) atoms. The standard InChI is InChI=1S/C26H31N6O9P/c1-4-37-24(34)15(2)31-42(36,41-16-8-6-5-7-9-16)39-13-18-20(33)26(3,35)25(40-18)32-12-17(23-28-10-11-38-23)19-21(27)29-14-30-22(19)32/h5-12,14-15,18,20,25,33,35H,4,13H2,1-3H3,(H,31,36)(H2,27,29,30)/t15-,18?,20+,25?,26+,42?/m0/s1. The minimum Gasteiger partial charge on any atom is -0.465 e. The van der Waals surface area contributed by atoms with Crippen LogP contribution in [-0.2, 0) is 23.4 Å². The highest BCUT2D eigenvalue weighted by molar-refractivity contribution is 7.52. The van der Waals surface area contributed by atoms with Gasteiger partial charge in [-0.1, -0.05) is 18.2 Å². The van der Waals surface area contributed by atoms with Crippen LogP contribution in [0.5, 0.6) is 5.75 Å². The Labute approximate surface area is 240 Å². The molecule has 0 aliphatic carbocycles. The second-order valence-corrected chi connectivity index (χ2v) is 11.4. The number of hydrogen-bond donors (Lipinski definition) is 4. The van der Waals surface area contributed by atoms with E-state index < -0.39 is 50.4 Å². The van der Waals surface area contributed by atoms with Crippen molar-refractivity contribution in [1.82, 2.24) is 24.6 Å². The maximum absolute atomic E-state index is 13.8. The van der Waals surface area contributed by atoms with Gasteiger partial charge in [0.2, 0.25) is 5.89 Å². The number of esters is 1. The number of benzene rings is 1. The number of carbonyl (C=O) groups is 1. The molecule has 4 aromatic rings. The van der Waals surface area contributed by atoms with E-state index in [1.54, 1.807) is 43.5 Å². The number of ether oxygens (including phenoxy) is 2. The van der Waals surface area contributed by atoms with Gasteiger partial charge in [0.05, 0.1) is 30.4 Å². The number of aliphatic hydroxyl groups is 2. The van der Waals surface area contributed by atoms with Crippen LogP contribution in [0, 0.1) is 0 Å². The van der Waals surface area contributed by atoms with Crippen LogP contribution in [0.15, 0.2) is 59.7 Å². The maximum atomic E-state index is 13.8. The maximum Gasteiger partial charge on any atom is 0.459 e. The molecule has 0 amide bonds. The highest BCUT2D eigenvalue weighted by Crippen LogP contribution is 2.48. The molecule has 1 aliphatic rings. The van der Waals surface area contributed by atoms with Crippen LogP contribution < -0.4 is 15.3 Å². The second kappa shape index (κ2) is 11.8. The predicted molar refractivity (Wildman–Crippen MR) is 148 cm³/mol. The van der Waals surface area contributed by atoms with Crippen LogP contribution in [-0.4, -0.2) is 72.8 Å². The SMILES string of the molecule is CCOC(=O)[C@H](C)NP(=O)(OCC1OC(n2cc(-c3ncco3)c3c(N)ncnc32)[C@](C)(O)[C@@H]1O)Oc1ccccc1. The summed E-state index contributed by atoms with van der Waals surface area (Å²) in [5.41, 5.74) is 4.99. The molecule has 224 valence electrons. The number of nitrogens with one attached hydrogen (secondary N) is 1. The number of oxazole rings is 1. The molecule has 3 unspecified atom stereocenters. The van der Waals surface area contributed by atoms with Crippen LogP contribution in [0.25, 0.3) is 22.5 Å². The molecule has 15 nitrogen and oxygen atoms in total. The summed E-state index contributed by atoms with van der Waals surface area (Å²) in [6.07, 6.45) is 1.76. The van der Waals surface area contributed by atoms with Crippen molar-refractivity contribution in [3.05, 3.63) is 55.3 Å². The molecule has 5 N–H and O–H groups in total. The van der Waals surface area contributed by atoms with Gasteiger partial charge in [-0.05, 0) is 32.9 Å². The molecule has 1 saturated heterocycles. The van der Waals surface area contributed by atoms with Crippen molar-refractivity contribution >= 4 is 30.6 Å². The topological polar surface area (TPSA) is 206 Å². The Hall–Kier alpha value is -3.85. The number of nitrogen functional groups attached to an aromatic ring is 1. The van der Waals surface area contributed by atoms with Gasteiger partial charge in [0.1, 0.15) is 53.7 Å². The van der Waals surface area contributed by atoms with Crippen LogP contribution in [0.3, 0.4) is 0 Å². The van der Waals surface area contributed by atoms with Crippen molar-refractivity contribution in [2.24, 2.45) is 0 Å². The number of aliphatic hydroxyl groups excluding tert-OH is 1. The van der Waals surface area contributed by atoms with Gasteiger partial charge in [-0.2, -0.15) is 5.09 Å². The monoisotopic (exact) mass is 602 g/mol. The van der Waals surface area contributed by atoms with Crippen molar-refractivity contribution in [1.29, 1.82) is 0 Å². The molecule has 16 heteroatoms. The summed E-state index contributed by atoms with van der Waals surface area (Å²) in [4.78, 5) is 24.8. The second-order valence-electron chi connectivity index (χ2n) is 9.74. The van der Waals surface area contributed by atoms with Crippen LogP contribution in [0.4, 0.5) is 5.82 Å². The summed E-state index contributed by atoms with van der Waals surface area (Å²) in [6.45, 7) is 4.09. The first kappa shape index (κ1) is 29.6. The van der Waals surface area contributed by atoms with E-state index in [1.807, 2.05) is 0 Å². The van der Waals surface area contributed by atoms with Crippen LogP contribution in [0.2, 0.25) is 0 Å². The van der Waals surface area contributed by atoms with Crippen molar-refractivity contribution in [2.45, 2.75) is 50.8 Å². The van der Waals surface area contributed by atoms with Crippen molar-refractivity contribution < 1.29 is 42.5 Å².